The van der Waals surface area contributed by atoms with E-state index in [-0.39, 0.29) is 0 Å². The van der Waals surface area contributed by atoms with Crippen molar-refractivity contribution in [2.75, 3.05) is 0 Å². The summed E-state index contributed by atoms with van der Waals surface area (Å²) >= 11 is 0. The van der Waals surface area contributed by atoms with E-state index < -0.39 is 0 Å². The van der Waals surface area contributed by atoms with Crippen molar-refractivity contribution in [2.45, 2.75) is 46.6 Å². The molecule has 19 heavy (non-hydrogen) atoms. The monoisotopic (exact) mass is 255 g/mol. The Kier molecular flexibility index (Phi) is 4.21. The van der Waals surface area contributed by atoms with Gasteiger partial charge >= 0.3 is 0 Å². The van der Waals surface area contributed by atoms with Gasteiger partial charge < -0.3 is 4.57 Å². The highest BCUT2D eigenvalue weighted by Gasteiger charge is 2.11. The van der Waals surface area contributed by atoms with Crippen LogP contribution in [0.15, 0.2) is 18.2 Å². The molecule has 0 atom stereocenters. The number of imidazole rings is 1. The number of nitrogens with zero attached hydrogens (tertiary/aromatic N) is 3. The van der Waals surface area contributed by atoms with Gasteiger partial charge in [0.05, 0.1) is 22.7 Å². The van der Waals surface area contributed by atoms with Gasteiger partial charge in [0.1, 0.15) is 5.82 Å². The molecule has 0 unspecified atom stereocenters. The second-order valence-electron chi connectivity index (χ2n) is 5.43. The van der Waals surface area contributed by atoms with Crippen LogP contribution in [0.1, 0.15) is 45.0 Å². The Labute approximate surface area is 114 Å². The second-order valence-corrected chi connectivity index (χ2v) is 5.43. The van der Waals surface area contributed by atoms with Crippen LogP contribution in [0.25, 0.3) is 11.0 Å². The average molecular weight is 255 g/mol. The smallest absolute Gasteiger partial charge is 0.109 e. The first-order valence-electron chi connectivity index (χ1n) is 7.05. The van der Waals surface area contributed by atoms with Gasteiger partial charge in [-0.3, -0.25) is 0 Å². The lowest BCUT2D eigenvalue weighted by atomic mass is 10.1. The van der Waals surface area contributed by atoms with E-state index in [0.29, 0.717) is 11.5 Å². The van der Waals surface area contributed by atoms with Crippen molar-refractivity contribution < 1.29 is 0 Å². The molecule has 0 aliphatic carbocycles. The standard InChI is InChI=1S/C16H21N3/c1-4-9-19-15-7-6-13(11-17)10-14(15)18-16(19)8-5-12(2)3/h6-7,10,12H,4-5,8-9H2,1-3H3. The predicted octanol–water partition coefficient (Wildman–Crippen LogP) is 3.91. The third-order valence-corrected chi connectivity index (χ3v) is 3.35. The molecule has 0 aliphatic rings. The lowest BCUT2D eigenvalue weighted by molar-refractivity contribution is 0.553. The third kappa shape index (κ3) is 2.96. The van der Waals surface area contributed by atoms with E-state index in [9.17, 15) is 0 Å². The SMILES string of the molecule is CCCn1c(CCC(C)C)nc2cc(C#N)ccc21. The summed E-state index contributed by atoms with van der Waals surface area (Å²) in [4.78, 5) is 4.72. The van der Waals surface area contributed by atoms with Gasteiger partial charge in [0.15, 0.2) is 0 Å². The van der Waals surface area contributed by atoms with Gasteiger partial charge in [-0.15, -0.1) is 0 Å². The van der Waals surface area contributed by atoms with Crippen LogP contribution in [-0.2, 0) is 13.0 Å². The van der Waals surface area contributed by atoms with Crippen LogP contribution in [-0.4, -0.2) is 9.55 Å². The molecule has 0 aliphatic heterocycles. The van der Waals surface area contributed by atoms with E-state index in [1.807, 2.05) is 18.2 Å². The highest BCUT2D eigenvalue weighted by Crippen LogP contribution is 2.20. The van der Waals surface area contributed by atoms with Crippen LogP contribution >= 0.6 is 0 Å². The number of fused-ring (bicyclic) bond motifs is 1. The molecule has 3 heteroatoms. The zero-order chi connectivity index (χ0) is 13.8. The van der Waals surface area contributed by atoms with E-state index in [4.69, 9.17) is 10.2 Å². The summed E-state index contributed by atoms with van der Waals surface area (Å²) in [5.74, 6) is 1.84. The molecule has 0 radical (unpaired) electrons. The molecule has 0 N–H and O–H groups in total. The number of nitriles is 1. The number of rotatable bonds is 5. The van der Waals surface area contributed by atoms with E-state index in [1.165, 1.54) is 0 Å². The first kappa shape index (κ1) is 13.6. The highest BCUT2D eigenvalue weighted by atomic mass is 15.1. The Morgan fingerprint density at radius 3 is 2.79 bits per heavy atom. The summed E-state index contributed by atoms with van der Waals surface area (Å²) in [5.41, 5.74) is 2.79. The van der Waals surface area contributed by atoms with E-state index in [0.717, 1.165) is 42.7 Å². The van der Waals surface area contributed by atoms with Crippen LogP contribution < -0.4 is 0 Å². The third-order valence-electron chi connectivity index (χ3n) is 3.35. The fraction of sp³-hybridized carbons (Fsp3) is 0.500. The zero-order valence-electron chi connectivity index (χ0n) is 12.0. The minimum atomic E-state index is 0.684. The number of aryl methyl sites for hydroxylation is 2. The van der Waals surface area contributed by atoms with Crippen molar-refractivity contribution in [1.29, 1.82) is 5.26 Å². The lowest BCUT2D eigenvalue weighted by Crippen LogP contribution is -2.05. The molecule has 0 fully saturated rings. The Bertz CT molecular complexity index is 602. The molecule has 0 saturated carbocycles. The van der Waals surface area contributed by atoms with Crippen molar-refractivity contribution in [3.05, 3.63) is 29.6 Å². The number of hydrogen-bond acceptors (Lipinski definition) is 2. The molecule has 1 heterocycles. The Hall–Kier alpha value is -1.82. The average Bonchev–Trinajstić information content (AvgIpc) is 2.74. The van der Waals surface area contributed by atoms with Gasteiger partial charge in [0, 0.05) is 13.0 Å². The minimum absolute atomic E-state index is 0.684. The molecule has 100 valence electrons. The minimum Gasteiger partial charge on any atom is -0.328 e. The quantitative estimate of drug-likeness (QED) is 0.813. The maximum atomic E-state index is 8.97. The van der Waals surface area contributed by atoms with Crippen LogP contribution in [0.5, 0.6) is 0 Å². The zero-order valence-corrected chi connectivity index (χ0v) is 12.0. The first-order valence-corrected chi connectivity index (χ1v) is 7.05. The maximum absolute atomic E-state index is 8.97. The van der Waals surface area contributed by atoms with Crippen LogP contribution in [0.4, 0.5) is 0 Å². The molecule has 2 aromatic rings. The van der Waals surface area contributed by atoms with Gasteiger partial charge in [-0.05, 0) is 37.0 Å². The topological polar surface area (TPSA) is 41.6 Å². The van der Waals surface area contributed by atoms with Crippen molar-refractivity contribution in [3.63, 3.8) is 0 Å². The van der Waals surface area contributed by atoms with Crippen LogP contribution in [0, 0.1) is 17.2 Å². The molecule has 0 spiro atoms. The fourth-order valence-electron chi connectivity index (χ4n) is 2.33. The largest absolute Gasteiger partial charge is 0.328 e. The van der Waals surface area contributed by atoms with Crippen molar-refractivity contribution in [1.82, 2.24) is 9.55 Å². The summed E-state index contributed by atoms with van der Waals surface area (Å²) in [6.07, 6.45) is 3.26. The van der Waals surface area contributed by atoms with Gasteiger partial charge in [-0.25, -0.2) is 4.98 Å². The summed E-state index contributed by atoms with van der Waals surface area (Å²) in [7, 11) is 0. The molecule has 1 aromatic carbocycles. The first-order chi connectivity index (χ1) is 9.15. The Morgan fingerprint density at radius 1 is 1.37 bits per heavy atom. The van der Waals surface area contributed by atoms with Gasteiger partial charge in [0.25, 0.3) is 0 Å². The van der Waals surface area contributed by atoms with Crippen LogP contribution in [0.2, 0.25) is 0 Å². The number of benzene rings is 1. The Balaban J connectivity index is 2.43. The summed E-state index contributed by atoms with van der Waals surface area (Å²) in [6, 6.07) is 7.97. The molecule has 0 saturated heterocycles. The molecule has 2 rings (SSSR count). The van der Waals surface area contributed by atoms with Crippen molar-refractivity contribution in [3.8, 4) is 6.07 Å². The maximum Gasteiger partial charge on any atom is 0.109 e. The van der Waals surface area contributed by atoms with Gasteiger partial charge in [0.2, 0.25) is 0 Å². The number of aromatic nitrogens is 2. The summed E-state index contributed by atoms with van der Waals surface area (Å²) in [6.45, 7) is 7.65. The van der Waals surface area contributed by atoms with E-state index >= 15 is 0 Å². The van der Waals surface area contributed by atoms with Crippen molar-refractivity contribution >= 4 is 11.0 Å². The second kappa shape index (κ2) is 5.88. The van der Waals surface area contributed by atoms with Gasteiger partial charge in [-0.2, -0.15) is 5.26 Å². The molecular weight excluding hydrogens is 234 g/mol. The molecule has 0 bridgehead atoms. The summed E-state index contributed by atoms with van der Waals surface area (Å²) < 4.78 is 2.30. The fourth-order valence-corrected chi connectivity index (χ4v) is 2.33. The van der Waals surface area contributed by atoms with E-state index in [2.05, 4.69) is 31.4 Å². The normalized spacial score (nSPS) is 11.1. The Morgan fingerprint density at radius 2 is 2.16 bits per heavy atom. The van der Waals surface area contributed by atoms with Crippen molar-refractivity contribution in [2.24, 2.45) is 5.92 Å². The van der Waals surface area contributed by atoms with Crippen LogP contribution in [0.3, 0.4) is 0 Å². The highest BCUT2D eigenvalue weighted by molar-refractivity contribution is 5.77. The lowest BCUT2D eigenvalue weighted by Gasteiger charge is -2.08. The molecule has 0 amide bonds. The summed E-state index contributed by atoms with van der Waals surface area (Å²) in [5, 5.41) is 8.97. The van der Waals surface area contributed by atoms with E-state index in [1.54, 1.807) is 0 Å². The molecule has 3 nitrogen and oxygen atoms in total. The molecule has 1 aromatic heterocycles. The predicted molar refractivity (Wildman–Crippen MR) is 77.9 cm³/mol. The number of hydrogen-bond donors (Lipinski definition) is 0. The van der Waals surface area contributed by atoms with Gasteiger partial charge in [-0.1, -0.05) is 20.8 Å². The molecular formula is C16H21N3.